The number of nitrogens with one attached hydrogen (secondary N) is 1. The predicted octanol–water partition coefficient (Wildman–Crippen LogP) is -0.889. The molecule has 2 aliphatic rings. The van der Waals surface area contributed by atoms with Gasteiger partial charge in [0.1, 0.15) is 24.4 Å². The molecule has 2 saturated heterocycles. The van der Waals surface area contributed by atoms with Crippen molar-refractivity contribution in [2.45, 2.75) is 74.5 Å². The molecular weight excluding hydrogens is 530 g/mol. The number of benzene rings is 1. The van der Waals surface area contributed by atoms with Crippen LogP contribution in [-0.4, -0.2) is 97.7 Å². The molecule has 1 aromatic carbocycles. The molecule has 1 aromatic rings. The number of carbonyl (C=O) groups excluding carboxylic acids is 1. The number of aliphatic hydroxyl groups excluding tert-OH is 2. The molecule has 0 saturated carbocycles. The van der Waals surface area contributed by atoms with Crippen LogP contribution in [0.25, 0.3) is 0 Å². The normalized spacial score (nSPS) is 32.8. The topological polar surface area (TPSA) is 230 Å². The number of carboxylic acids is 2. The number of aliphatic hydroxyl groups is 3. The minimum absolute atomic E-state index is 0.0671. The maximum atomic E-state index is 12.4. The fourth-order valence-electron chi connectivity index (χ4n) is 5.43. The lowest BCUT2D eigenvalue weighted by molar-refractivity contribution is -0.377. The van der Waals surface area contributed by atoms with E-state index >= 15 is 0 Å². The summed E-state index contributed by atoms with van der Waals surface area (Å²) < 4.78 is 16.8. The maximum absolute atomic E-state index is 12.4. The van der Waals surface area contributed by atoms with Crippen LogP contribution in [0, 0.1) is 5.92 Å². The van der Waals surface area contributed by atoms with Crippen LogP contribution in [0.15, 0.2) is 47.5 Å². The third-order valence-corrected chi connectivity index (χ3v) is 7.36. The Morgan fingerprint density at radius 3 is 2.40 bits per heavy atom. The summed E-state index contributed by atoms with van der Waals surface area (Å²) in [7, 11) is 0. The minimum Gasteiger partial charge on any atom is -0.479 e. The van der Waals surface area contributed by atoms with Crippen LogP contribution < -0.4 is 11.3 Å². The van der Waals surface area contributed by atoms with Gasteiger partial charge in [0.2, 0.25) is 11.2 Å². The zero-order valence-corrected chi connectivity index (χ0v) is 22.1. The summed E-state index contributed by atoms with van der Waals surface area (Å²) >= 11 is 0. The third-order valence-electron chi connectivity index (χ3n) is 7.36. The van der Waals surface area contributed by atoms with E-state index in [1.165, 1.54) is 6.92 Å². The highest BCUT2D eigenvalue weighted by Crippen LogP contribution is 2.54. The number of fused-ring (bicyclic) bond motifs is 2. The molecule has 2 fully saturated rings. The fourth-order valence-corrected chi connectivity index (χ4v) is 5.43. The molecule has 0 amide bonds. The molecule has 0 radical (unpaired) electrons. The summed E-state index contributed by atoms with van der Waals surface area (Å²) in [6.45, 7) is 6.50. The van der Waals surface area contributed by atoms with Gasteiger partial charge < -0.3 is 45.2 Å². The van der Waals surface area contributed by atoms with E-state index in [0.717, 1.165) is 11.9 Å². The largest absolute Gasteiger partial charge is 0.479 e. The summed E-state index contributed by atoms with van der Waals surface area (Å²) in [5, 5.41) is 53.0. The number of aliphatic imine (C=N–C) groups is 1. The molecule has 0 aliphatic carbocycles. The average Bonchev–Trinajstić information content (AvgIpc) is 3.10. The zero-order valence-electron chi connectivity index (χ0n) is 22.1. The van der Waals surface area contributed by atoms with Gasteiger partial charge in [0.15, 0.2) is 5.79 Å². The molecule has 3 rings (SSSR count). The summed E-state index contributed by atoms with van der Waals surface area (Å²) in [5.74, 6) is -2.07. The lowest BCUT2D eigenvalue weighted by Gasteiger charge is -2.49. The second kappa shape index (κ2) is 12.0. The van der Waals surface area contributed by atoms with Crippen molar-refractivity contribution in [3.63, 3.8) is 0 Å². The van der Waals surface area contributed by atoms with Crippen molar-refractivity contribution in [3.8, 4) is 0 Å². The lowest BCUT2D eigenvalue weighted by Crippen LogP contribution is -2.77. The number of hydrazine groups is 1. The Bertz CT molecular complexity index is 1150. The molecule has 40 heavy (non-hydrogen) atoms. The van der Waals surface area contributed by atoms with E-state index in [0.29, 0.717) is 12.0 Å². The number of esters is 1. The van der Waals surface area contributed by atoms with Crippen molar-refractivity contribution >= 4 is 24.2 Å². The SMILES string of the molecule is C=C(CCC12OC(CN=CNN)C(O)(C(=O)O)C(C(=O)O)(O1)C(O)C2O)C(OC(C)=O)C(C)Cc1ccccc1. The number of aliphatic carboxylic acids is 2. The molecule has 0 spiro atoms. The van der Waals surface area contributed by atoms with E-state index in [1.807, 2.05) is 37.3 Å². The van der Waals surface area contributed by atoms with E-state index in [1.54, 1.807) is 0 Å². The number of rotatable bonds is 13. The Morgan fingerprint density at radius 2 is 1.85 bits per heavy atom. The van der Waals surface area contributed by atoms with Crippen molar-refractivity contribution < 1.29 is 54.1 Å². The molecule has 14 nitrogen and oxygen atoms in total. The van der Waals surface area contributed by atoms with E-state index in [2.05, 4.69) is 17.0 Å². The van der Waals surface area contributed by atoms with Gasteiger partial charge in [-0.2, -0.15) is 0 Å². The second-order valence-corrected chi connectivity index (χ2v) is 10.0. The third kappa shape index (κ3) is 5.33. The number of ether oxygens (including phenoxy) is 3. The number of nitrogens with zero attached hydrogens (tertiary/aromatic N) is 1. The number of carboxylic acid groups (broad SMARTS) is 2. The first-order valence-corrected chi connectivity index (χ1v) is 12.5. The van der Waals surface area contributed by atoms with Gasteiger partial charge in [-0.25, -0.2) is 15.4 Å². The predicted molar refractivity (Wildman–Crippen MR) is 138 cm³/mol. The zero-order chi connectivity index (χ0) is 29.9. The monoisotopic (exact) mass is 565 g/mol. The van der Waals surface area contributed by atoms with Crippen LogP contribution in [0.3, 0.4) is 0 Å². The second-order valence-electron chi connectivity index (χ2n) is 10.0. The van der Waals surface area contributed by atoms with Gasteiger partial charge in [-0.3, -0.25) is 9.79 Å². The Morgan fingerprint density at radius 1 is 1.20 bits per heavy atom. The molecular formula is C26H35N3O11. The van der Waals surface area contributed by atoms with Gasteiger partial charge in [0, 0.05) is 19.3 Å². The van der Waals surface area contributed by atoms with Gasteiger partial charge in [0.25, 0.3) is 0 Å². The highest BCUT2D eigenvalue weighted by atomic mass is 16.8. The Balaban J connectivity index is 1.93. The number of carbonyl (C=O) groups is 3. The van der Waals surface area contributed by atoms with Crippen molar-refractivity contribution in [2.24, 2.45) is 16.8 Å². The van der Waals surface area contributed by atoms with Crippen LogP contribution >= 0.6 is 0 Å². The van der Waals surface area contributed by atoms with E-state index < -0.39 is 65.9 Å². The van der Waals surface area contributed by atoms with Crippen LogP contribution in [0.1, 0.15) is 32.3 Å². The van der Waals surface area contributed by atoms with Crippen LogP contribution in [0.4, 0.5) is 0 Å². The maximum Gasteiger partial charge on any atom is 0.342 e. The Kier molecular flexibility index (Phi) is 9.34. The van der Waals surface area contributed by atoms with Crippen LogP contribution in [-0.2, 0) is 35.0 Å². The van der Waals surface area contributed by atoms with Crippen molar-refractivity contribution in [2.75, 3.05) is 6.54 Å². The van der Waals surface area contributed by atoms with Gasteiger partial charge in [-0.1, -0.05) is 43.8 Å². The average molecular weight is 566 g/mol. The van der Waals surface area contributed by atoms with Gasteiger partial charge in [-0.05, 0) is 24.0 Å². The number of nitrogens with two attached hydrogens (primary N) is 1. The summed E-state index contributed by atoms with van der Waals surface area (Å²) in [6, 6.07) is 9.45. The van der Waals surface area contributed by atoms with E-state index in [4.69, 9.17) is 20.1 Å². The molecule has 2 heterocycles. The van der Waals surface area contributed by atoms with Crippen LogP contribution in [0.2, 0.25) is 0 Å². The molecule has 0 aromatic heterocycles. The van der Waals surface area contributed by atoms with Crippen molar-refractivity contribution in [1.82, 2.24) is 5.43 Å². The Hall–Kier alpha value is -3.40. The molecule has 8 unspecified atom stereocenters. The van der Waals surface area contributed by atoms with Gasteiger partial charge in [0.05, 0.1) is 12.9 Å². The first kappa shape index (κ1) is 31.1. The Labute approximate surface area is 230 Å². The first-order chi connectivity index (χ1) is 18.8. The number of hydrogen-bond acceptors (Lipinski definition) is 11. The van der Waals surface area contributed by atoms with Crippen molar-refractivity contribution in [3.05, 3.63) is 48.0 Å². The standard InChI is InChI=1S/C26H35N3O11/c1-14(19(38-16(3)30)15(2)11-17-7-5-4-6-8-17)9-10-24-20(31)21(32)26(40-24,23(35)36)25(37,22(33)34)18(39-24)12-28-13-29-27/h4-8,13,15,18-21,31-32,37H,1,9-12,27H2,2-3H3,(H,28,29)(H,33,34)(H,35,36). The molecule has 2 bridgehead atoms. The molecule has 8 N–H and O–H groups in total. The van der Waals surface area contributed by atoms with Crippen molar-refractivity contribution in [1.29, 1.82) is 0 Å². The molecule has 14 heteroatoms. The lowest BCUT2D eigenvalue weighted by atomic mass is 9.74. The van der Waals surface area contributed by atoms with Gasteiger partial charge in [-0.15, -0.1) is 0 Å². The fraction of sp³-hybridized carbons (Fsp3) is 0.538. The smallest absolute Gasteiger partial charge is 0.342 e. The molecule has 2 aliphatic heterocycles. The van der Waals surface area contributed by atoms with E-state index in [9.17, 15) is 39.9 Å². The first-order valence-electron chi connectivity index (χ1n) is 12.5. The highest BCUT2D eigenvalue weighted by molar-refractivity contribution is 5.93. The molecule has 8 atom stereocenters. The summed E-state index contributed by atoms with van der Waals surface area (Å²) in [5.41, 5.74) is -3.15. The summed E-state index contributed by atoms with van der Waals surface area (Å²) in [4.78, 5) is 40.4. The molecule has 220 valence electrons. The minimum atomic E-state index is -3.37. The summed E-state index contributed by atoms with van der Waals surface area (Å²) in [6.07, 6.45) is -6.14. The number of hydrogen-bond donors (Lipinski definition) is 7. The van der Waals surface area contributed by atoms with Crippen LogP contribution in [0.5, 0.6) is 0 Å². The van der Waals surface area contributed by atoms with E-state index in [-0.39, 0.29) is 18.8 Å². The van der Waals surface area contributed by atoms with Gasteiger partial charge >= 0.3 is 17.9 Å². The quantitative estimate of drug-likeness (QED) is 0.0385. The highest BCUT2D eigenvalue weighted by Gasteiger charge is 2.83.